The van der Waals surface area contributed by atoms with Gasteiger partial charge in [0.25, 0.3) is 5.56 Å². The summed E-state index contributed by atoms with van der Waals surface area (Å²) in [5.41, 5.74) is 6.63. The zero-order valence-corrected chi connectivity index (χ0v) is 10.4. The molecular weight excluding hydrogens is 230 g/mol. The van der Waals surface area contributed by atoms with Gasteiger partial charge in [0, 0.05) is 0 Å². The van der Waals surface area contributed by atoms with Gasteiger partial charge in [-0.1, -0.05) is 12.1 Å². The molecule has 18 heavy (non-hydrogen) atoms. The molecule has 1 aromatic heterocycles. The molecule has 3 N–H and O–H groups in total. The predicted molar refractivity (Wildman–Crippen MR) is 70.6 cm³/mol. The first-order valence-corrected chi connectivity index (χ1v) is 5.72. The van der Waals surface area contributed by atoms with Gasteiger partial charge in [-0.05, 0) is 26.0 Å². The predicted octanol–water partition coefficient (Wildman–Crippen LogP) is 1.73. The summed E-state index contributed by atoms with van der Waals surface area (Å²) in [6.45, 7) is 4.08. The highest BCUT2D eigenvalue weighted by molar-refractivity contribution is 5.65. The average Bonchev–Trinajstić information content (AvgIpc) is 2.36. The monoisotopic (exact) mass is 245 g/mol. The van der Waals surface area contributed by atoms with E-state index in [0.717, 1.165) is 5.56 Å². The van der Waals surface area contributed by atoms with Crippen LogP contribution in [0.25, 0.3) is 11.4 Å². The molecule has 1 heterocycles. The van der Waals surface area contributed by atoms with Crippen LogP contribution < -0.4 is 16.0 Å². The standard InChI is InChI=1S/C13H15N3O2/c1-3-18-10-7-5-4-6-9(10)12-15-11(14)8(2)13(17)16-12/h4-7H,3H2,1-2H3,(H3,14,15,16,17). The zero-order valence-electron chi connectivity index (χ0n) is 10.4. The van der Waals surface area contributed by atoms with Crippen molar-refractivity contribution >= 4 is 5.82 Å². The number of benzene rings is 1. The minimum atomic E-state index is -0.233. The van der Waals surface area contributed by atoms with Crippen LogP contribution in [0.5, 0.6) is 5.75 Å². The molecule has 2 rings (SSSR count). The molecule has 0 atom stereocenters. The van der Waals surface area contributed by atoms with Crippen LogP contribution in [0, 0.1) is 6.92 Å². The molecule has 94 valence electrons. The maximum absolute atomic E-state index is 11.7. The van der Waals surface area contributed by atoms with Gasteiger partial charge in [-0.25, -0.2) is 4.98 Å². The number of para-hydroxylation sites is 1. The molecule has 0 bridgehead atoms. The van der Waals surface area contributed by atoms with E-state index in [0.29, 0.717) is 23.7 Å². The number of hydrogen-bond donors (Lipinski definition) is 2. The first-order chi connectivity index (χ1) is 8.63. The number of aromatic nitrogens is 2. The van der Waals surface area contributed by atoms with Crippen LogP contribution in [0.3, 0.4) is 0 Å². The molecule has 0 amide bonds. The Morgan fingerprint density at radius 2 is 2.11 bits per heavy atom. The van der Waals surface area contributed by atoms with Gasteiger partial charge in [0.2, 0.25) is 0 Å². The minimum absolute atomic E-state index is 0.233. The second-order valence-electron chi connectivity index (χ2n) is 3.85. The highest BCUT2D eigenvalue weighted by Gasteiger charge is 2.10. The first-order valence-electron chi connectivity index (χ1n) is 5.72. The normalized spacial score (nSPS) is 10.3. The molecule has 0 fully saturated rings. The van der Waals surface area contributed by atoms with Crippen LogP contribution in [-0.2, 0) is 0 Å². The summed E-state index contributed by atoms with van der Waals surface area (Å²) in [6, 6.07) is 7.38. The number of nitrogens with two attached hydrogens (primary N) is 1. The fourth-order valence-corrected chi connectivity index (χ4v) is 1.62. The van der Waals surface area contributed by atoms with Crippen molar-refractivity contribution < 1.29 is 4.74 Å². The van der Waals surface area contributed by atoms with Crippen molar-refractivity contribution in [2.75, 3.05) is 12.3 Å². The lowest BCUT2D eigenvalue weighted by atomic mass is 10.2. The number of H-pyrrole nitrogens is 1. The van der Waals surface area contributed by atoms with Crippen molar-refractivity contribution in [3.63, 3.8) is 0 Å². The minimum Gasteiger partial charge on any atom is -0.493 e. The van der Waals surface area contributed by atoms with E-state index in [1.165, 1.54) is 0 Å². The maximum atomic E-state index is 11.7. The van der Waals surface area contributed by atoms with Crippen molar-refractivity contribution in [2.45, 2.75) is 13.8 Å². The Morgan fingerprint density at radius 1 is 1.39 bits per heavy atom. The van der Waals surface area contributed by atoms with E-state index in [9.17, 15) is 4.79 Å². The highest BCUT2D eigenvalue weighted by atomic mass is 16.5. The Labute approximate surface area is 105 Å². The van der Waals surface area contributed by atoms with Crippen LogP contribution in [0.1, 0.15) is 12.5 Å². The third-order valence-corrected chi connectivity index (χ3v) is 2.63. The summed E-state index contributed by atoms with van der Waals surface area (Å²) in [7, 11) is 0. The number of rotatable bonds is 3. The lowest BCUT2D eigenvalue weighted by Crippen LogP contribution is -2.15. The Morgan fingerprint density at radius 3 is 2.78 bits per heavy atom. The van der Waals surface area contributed by atoms with E-state index in [1.54, 1.807) is 6.92 Å². The van der Waals surface area contributed by atoms with Crippen LogP contribution in [0.4, 0.5) is 5.82 Å². The van der Waals surface area contributed by atoms with Crippen LogP contribution in [0.2, 0.25) is 0 Å². The Balaban J connectivity index is 2.59. The molecule has 1 aromatic carbocycles. The molecular formula is C13H15N3O2. The second-order valence-corrected chi connectivity index (χ2v) is 3.85. The van der Waals surface area contributed by atoms with Crippen molar-refractivity contribution in [1.29, 1.82) is 0 Å². The molecule has 5 heteroatoms. The molecule has 0 spiro atoms. The molecule has 0 aliphatic rings. The molecule has 0 aliphatic heterocycles. The van der Waals surface area contributed by atoms with Crippen molar-refractivity contribution in [3.8, 4) is 17.1 Å². The Kier molecular flexibility index (Phi) is 3.32. The number of nitrogens with zero attached hydrogens (tertiary/aromatic N) is 1. The quantitative estimate of drug-likeness (QED) is 0.862. The maximum Gasteiger partial charge on any atom is 0.256 e. The lowest BCUT2D eigenvalue weighted by molar-refractivity contribution is 0.341. The number of hydrogen-bond acceptors (Lipinski definition) is 4. The van der Waals surface area contributed by atoms with Crippen molar-refractivity contribution in [3.05, 3.63) is 40.2 Å². The fraction of sp³-hybridized carbons (Fsp3) is 0.231. The number of ether oxygens (including phenoxy) is 1. The van der Waals surface area contributed by atoms with E-state index in [-0.39, 0.29) is 11.4 Å². The van der Waals surface area contributed by atoms with Crippen LogP contribution >= 0.6 is 0 Å². The van der Waals surface area contributed by atoms with E-state index in [2.05, 4.69) is 9.97 Å². The van der Waals surface area contributed by atoms with Gasteiger partial charge >= 0.3 is 0 Å². The summed E-state index contributed by atoms with van der Waals surface area (Å²) in [5, 5.41) is 0. The van der Waals surface area contributed by atoms with Crippen molar-refractivity contribution in [2.24, 2.45) is 0 Å². The average molecular weight is 245 g/mol. The fourth-order valence-electron chi connectivity index (χ4n) is 1.62. The SMILES string of the molecule is CCOc1ccccc1-c1nc(N)c(C)c(=O)[nH]1. The molecule has 5 nitrogen and oxygen atoms in total. The topological polar surface area (TPSA) is 81.0 Å². The molecule has 0 saturated carbocycles. The largest absolute Gasteiger partial charge is 0.493 e. The first kappa shape index (κ1) is 12.2. The summed E-state index contributed by atoms with van der Waals surface area (Å²) in [6.07, 6.45) is 0. The zero-order chi connectivity index (χ0) is 13.1. The summed E-state index contributed by atoms with van der Waals surface area (Å²) < 4.78 is 5.50. The summed E-state index contributed by atoms with van der Waals surface area (Å²) >= 11 is 0. The van der Waals surface area contributed by atoms with Gasteiger partial charge in [-0.2, -0.15) is 0 Å². The molecule has 0 radical (unpaired) electrons. The van der Waals surface area contributed by atoms with Crippen LogP contribution in [-0.4, -0.2) is 16.6 Å². The Hall–Kier alpha value is -2.30. The molecule has 2 aromatic rings. The highest BCUT2D eigenvalue weighted by Crippen LogP contribution is 2.27. The van der Waals surface area contributed by atoms with Gasteiger partial charge in [0.15, 0.2) is 0 Å². The number of nitrogens with one attached hydrogen (secondary N) is 1. The lowest BCUT2D eigenvalue weighted by Gasteiger charge is -2.10. The van der Waals surface area contributed by atoms with Gasteiger partial charge < -0.3 is 15.5 Å². The number of anilines is 1. The van der Waals surface area contributed by atoms with E-state index in [4.69, 9.17) is 10.5 Å². The third kappa shape index (κ3) is 2.20. The van der Waals surface area contributed by atoms with Gasteiger partial charge in [0.1, 0.15) is 17.4 Å². The third-order valence-electron chi connectivity index (χ3n) is 2.63. The molecule has 0 unspecified atom stereocenters. The van der Waals surface area contributed by atoms with E-state index >= 15 is 0 Å². The van der Waals surface area contributed by atoms with Gasteiger partial charge in [-0.15, -0.1) is 0 Å². The summed E-state index contributed by atoms with van der Waals surface area (Å²) in [5.74, 6) is 1.33. The van der Waals surface area contributed by atoms with E-state index < -0.39 is 0 Å². The van der Waals surface area contributed by atoms with Gasteiger partial charge in [-0.3, -0.25) is 4.79 Å². The van der Waals surface area contributed by atoms with E-state index in [1.807, 2.05) is 31.2 Å². The van der Waals surface area contributed by atoms with Gasteiger partial charge in [0.05, 0.1) is 17.7 Å². The van der Waals surface area contributed by atoms with Crippen molar-refractivity contribution in [1.82, 2.24) is 9.97 Å². The summed E-state index contributed by atoms with van der Waals surface area (Å²) in [4.78, 5) is 18.6. The second kappa shape index (κ2) is 4.91. The Bertz CT molecular complexity index is 620. The number of nitrogen functional groups attached to an aromatic ring is 1. The van der Waals surface area contributed by atoms with Crippen LogP contribution in [0.15, 0.2) is 29.1 Å². The number of aromatic amines is 1. The molecule has 0 saturated heterocycles. The molecule has 0 aliphatic carbocycles. The smallest absolute Gasteiger partial charge is 0.256 e.